The number of anilines is 2. The molecule has 5 nitrogen and oxygen atoms in total. The predicted molar refractivity (Wildman–Crippen MR) is 106 cm³/mol. The molecule has 2 N–H and O–H groups in total. The highest BCUT2D eigenvalue weighted by molar-refractivity contribution is 6.01. The summed E-state index contributed by atoms with van der Waals surface area (Å²) in [6.45, 7) is 8.62. The van der Waals surface area contributed by atoms with Crippen molar-refractivity contribution in [3.8, 4) is 5.75 Å². The first kappa shape index (κ1) is 18.1. The van der Waals surface area contributed by atoms with Gasteiger partial charge in [0.05, 0.1) is 5.56 Å². The third kappa shape index (κ3) is 3.21. The van der Waals surface area contributed by atoms with Gasteiger partial charge in [0.2, 0.25) is 0 Å². The molecular formula is C21H27N3O2. The lowest BCUT2D eigenvalue weighted by molar-refractivity contribution is 0.0681. The van der Waals surface area contributed by atoms with Gasteiger partial charge in [-0.25, -0.2) is 0 Å². The SMILES string of the molecule is CCCN1C(=O)c2ccccc2N[C@@H]1c1ccc(N(CC)CC)cc1O. The van der Waals surface area contributed by atoms with Crippen LogP contribution < -0.4 is 10.2 Å². The first-order valence-electron chi connectivity index (χ1n) is 9.35. The molecule has 2 aromatic rings. The van der Waals surface area contributed by atoms with Crippen LogP contribution in [0, 0.1) is 0 Å². The van der Waals surface area contributed by atoms with E-state index in [-0.39, 0.29) is 17.8 Å². The fourth-order valence-corrected chi connectivity index (χ4v) is 3.56. The molecule has 1 aliphatic heterocycles. The van der Waals surface area contributed by atoms with Crippen LogP contribution in [0.1, 0.15) is 49.3 Å². The maximum atomic E-state index is 13.0. The zero-order valence-corrected chi connectivity index (χ0v) is 15.7. The van der Waals surface area contributed by atoms with Crippen molar-refractivity contribution in [3.05, 3.63) is 53.6 Å². The van der Waals surface area contributed by atoms with E-state index in [0.29, 0.717) is 12.1 Å². The van der Waals surface area contributed by atoms with Crippen molar-refractivity contribution in [2.75, 3.05) is 29.9 Å². The molecule has 1 amide bonds. The topological polar surface area (TPSA) is 55.8 Å². The van der Waals surface area contributed by atoms with Gasteiger partial charge in [0.25, 0.3) is 5.91 Å². The average molecular weight is 353 g/mol. The number of phenolic OH excluding ortho intramolecular Hbond substituents is 1. The van der Waals surface area contributed by atoms with Crippen molar-refractivity contribution >= 4 is 17.3 Å². The molecule has 0 unspecified atom stereocenters. The highest BCUT2D eigenvalue weighted by Crippen LogP contribution is 2.37. The molecule has 5 heteroatoms. The standard InChI is InChI=1S/C21H27N3O2/c1-4-13-24-20(22-18-10-8-7-9-16(18)21(24)26)17-12-11-15(14-19(17)25)23(5-2)6-3/h7-12,14,20,22,25H,4-6,13H2,1-3H3/t20-/m0/s1. The van der Waals surface area contributed by atoms with Gasteiger partial charge in [-0.2, -0.15) is 0 Å². The van der Waals surface area contributed by atoms with Crippen molar-refractivity contribution in [1.82, 2.24) is 4.90 Å². The first-order chi connectivity index (χ1) is 12.6. The Labute approximate surface area is 155 Å². The van der Waals surface area contributed by atoms with E-state index in [0.717, 1.165) is 36.4 Å². The predicted octanol–water partition coefficient (Wildman–Crippen LogP) is 4.21. The zero-order valence-electron chi connectivity index (χ0n) is 15.7. The Morgan fingerprint density at radius 1 is 1.12 bits per heavy atom. The number of aromatic hydroxyl groups is 1. The Morgan fingerprint density at radius 2 is 1.85 bits per heavy atom. The van der Waals surface area contributed by atoms with Gasteiger partial charge in [-0.05, 0) is 44.5 Å². The van der Waals surface area contributed by atoms with Crippen LogP contribution in [0.25, 0.3) is 0 Å². The molecular weight excluding hydrogens is 326 g/mol. The summed E-state index contributed by atoms with van der Waals surface area (Å²) < 4.78 is 0. The van der Waals surface area contributed by atoms with Gasteiger partial charge >= 0.3 is 0 Å². The zero-order chi connectivity index (χ0) is 18.7. The molecule has 0 fully saturated rings. The molecule has 138 valence electrons. The maximum absolute atomic E-state index is 13.0. The van der Waals surface area contributed by atoms with Gasteiger partial charge in [-0.1, -0.05) is 19.1 Å². The number of nitrogens with zero attached hydrogens (tertiary/aromatic N) is 2. The molecule has 3 rings (SSSR count). The number of para-hydroxylation sites is 1. The lowest BCUT2D eigenvalue weighted by Crippen LogP contribution is -2.43. The number of carbonyl (C=O) groups is 1. The minimum Gasteiger partial charge on any atom is -0.507 e. The van der Waals surface area contributed by atoms with Crippen LogP contribution >= 0.6 is 0 Å². The highest BCUT2D eigenvalue weighted by Gasteiger charge is 2.33. The van der Waals surface area contributed by atoms with Gasteiger partial charge < -0.3 is 20.2 Å². The Hall–Kier alpha value is -2.69. The Balaban J connectivity index is 2.00. The van der Waals surface area contributed by atoms with Crippen molar-refractivity contribution in [2.24, 2.45) is 0 Å². The van der Waals surface area contributed by atoms with Crippen LogP contribution in [0.2, 0.25) is 0 Å². The second kappa shape index (κ2) is 7.68. The number of fused-ring (bicyclic) bond motifs is 1. The van der Waals surface area contributed by atoms with E-state index in [1.165, 1.54) is 0 Å². The molecule has 0 aromatic heterocycles. The summed E-state index contributed by atoms with van der Waals surface area (Å²) in [6.07, 6.45) is 0.479. The van der Waals surface area contributed by atoms with E-state index in [9.17, 15) is 9.90 Å². The number of carbonyl (C=O) groups excluding carboxylic acids is 1. The van der Waals surface area contributed by atoms with Crippen LogP contribution in [0.15, 0.2) is 42.5 Å². The Morgan fingerprint density at radius 3 is 2.50 bits per heavy atom. The molecule has 1 heterocycles. The van der Waals surface area contributed by atoms with Crippen LogP contribution in [-0.4, -0.2) is 35.5 Å². The van der Waals surface area contributed by atoms with Crippen molar-refractivity contribution in [2.45, 2.75) is 33.4 Å². The summed E-state index contributed by atoms with van der Waals surface area (Å²) >= 11 is 0. The lowest BCUT2D eigenvalue weighted by Gasteiger charge is -2.38. The Bertz CT molecular complexity index is 787. The summed E-state index contributed by atoms with van der Waals surface area (Å²) in [5, 5.41) is 14.1. The van der Waals surface area contributed by atoms with Gasteiger partial charge in [-0.3, -0.25) is 4.79 Å². The summed E-state index contributed by atoms with van der Waals surface area (Å²) in [6, 6.07) is 13.3. The van der Waals surface area contributed by atoms with Crippen LogP contribution in [0.4, 0.5) is 11.4 Å². The minimum atomic E-state index is -0.372. The number of nitrogens with one attached hydrogen (secondary N) is 1. The Kier molecular flexibility index (Phi) is 5.35. The molecule has 0 spiro atoms. The quantitative estimate of drug-likeness (QED) is 0.817. The van der Waals surface area contributed by atoms with Crippen LogP contribution in [0.5, 0.6) is 5.75 Å². The van der Waals surface area contributed by atoms with Crippen molar-refractivity contribution in [1.29, 1.82) is 0 Å². The largest absolute Gasteiger partial charge is 0.507 e. The summed E-state index contributed by atoms with van der Waals surface area (Å²) in [7, 11) is 0. The average Bonchev–Trinajstić information content (AvgIpc) is 2.65. The third-order valence-electron chi connectivity index (χ3n) is 4.92. The molecule has 0 saturated heterocycles. The summed E-state index contributed by atoms with van der Waals surface area (Å²) in [4.78, 5) is 16.9. The number of phenols is 1. The molecule has 2 aromatic carbocycles. The van der Waals surface area contributed by atoms with Gasteiger partial charge in [0.15, 0.2) is 0 Å². The number of rotatable bonds is 6. The van der Waals surface area contributed by atoms with E-state index in [1.54, 1.807) is 11.0 Å². The van der Waals surface area contributed by atoms with Crippen molar-refractivity contribution in [3.63, 3.8) is 0 Å². The molecule has 0 bridgehead atoms. The lowest BCUT2D eigenvalue weighted by atomic mass is 10.0. The van der Waals surface area contributed by atoms with E-state index in [1.807, 2.05) is 43.3 Å². The monoisotopic (exact) mass is 353 g/mol. The molecule has 0 saturated carbocycles. The molecule has 0 aliphatic carbocycles. The molecule has 26 heavy (non-hydrogen) atoms. The fraction of sp³-hybridized carbons (Fsp3) is 0.381. The van der Waals surface area contributed by atoms with Gasteiger partial charge in [-0.15, -0.1) is 0 Å². The van der Waals surface area contributed by atoms with Crippen LogP contribution in [-0.2, 0) is 0 Å². The van der Waals surface area contributed by atoms with E-state index < -0.39 is 0 Å². The maximum Gasteiger partial charge on any atom is 0.257 e. The number of hydrogen-bond donors (Lipinski definition) is 2. The second-order valence-corrected chi connectivity index (χ2v) is 6.51. The second-order valence-electron chi connectivity index (χ2n) is 6.51. The normalized spacial score (nSPS) is 16.2. The third-order valence-corrected chi connectivity index (χ3v) is 4.92. The number of amides is 1. The van der Waals surface area contributed by atoms with Gasteiger partial charge in [0.1, 0.15) is 11.9 Å². The van der Waals surface area contributed by atoms with E-state index in [4.69, 9.17) is 0 Å². The van der Waals surface area contributed by atoms with E-state index >= 15 is 0 Å². The van der Waals surface area contributed by atoms with Crippen molar-refractivity contribution < 1.29 is 9.90 Å². The van der Waals surface area contributed by atoms with Gasteiger partial charge in [0, 0.05) is 42.6 Å². The molecule has 1 aliphatic rings. The number of hydrogen-bond acceptors (Lipinski definition) is 4. The van der Waals surface area contributed by atoms with Crippen LogP contribution in [0.3, 0.4) is 0 Å². The van der Waals surface area contributed by atoms with E-state index in [2.05, 4.69) is 24.1 Å². The summed E-state index contributed by atoms with van der Waals surface area (Å²) in [5.41, 5.74) is 3.19. The smallest absolute Gasteiger partial charge is 0.257 e. The summed E-state index contributed by atoms with van der Waals surface area (Å²) in [5.74, 6) is 0.207. The first-order valence-corrected chi connectivity index (χ1v) is 9.35. The molecule has 0 radical (unpaired) electrons. The number of benzene rings is 2. The highest BCUT2D eigenvalue weighted by atomic mass is 16.3. The fourth-order valence-electron chi connectivity index (χ4n) is 3.56. The molecule has 1 atom stereocenters. The minimum absolute atomic E-state index is 0.00146.